The number of carboxylic acid groups (broad SMARTS) is 1. The third-order valence-corrected chi connectivity index (χ3v) is 5.48. The summed E-state index contributed by atoms with van der Waals surface area (Å²) in [5.74, 6) is -1.80. The molecular formula is C22H26NO6-. The Labute approximate surface area is 169 Å². The Morgan fingerprint density at radius 3 is 2.41 bits per heavy atom. The van der Waals surface area contributed by atoms with Crippen molar-refractivity contribution < 1.29 is 23.8 Å². The topological polar surface area (TPSA) is 109 Å². The van der Waals surface area contributed by atoms with Crippen LogP contribution in [0.15, 0.2) is 21.3 Å². The zero-order chi connectivity index (χ0) is 21.3. The number of hydrogen-bond acceptors (Lipinski definition) is 6. The van der Waals surface area contributed by atoms with E-state index in [9.17, 15) is 19.5 Å². The van der Waals surface area contributed by atoms with Crippen molar-refractivity contribution in [2.75, 3.05) is 0 Å². The average Bonchev–Trinajstić information content (AvgIpc) is 2.68. The fourth-order valence-corrected chi connectivity index (χ4v) is 3.76. The predicted molar refractivity (Wildman–Crippen MR) is 106 cm³/mol. The number of hydrogen-bond donors (Lipinski definition) is 1. The van der Waals surface area contributed by atoms with Crippen LogP contribution < -0.4 is 20.8 Å². The third-order valence-electron chi connectivity index (χ3n) is 5.48. The second kappa shape index (κ2) is 8.27. The van der Waals surface area contributed by atoms with Crippen molar-refractivity contribution in [3.8, 4) is 5.75 Å². The van der Waals surface area contributed by atoms with Gasteiger partial charge in [0.25, 0.3) is 5.91 Å². The summed E-state index contributed by atoms with van der Waals surface area (Å²) in [4.78, 5) is 36.0. The van der Waals surface area contributed by atoms with Gasteiger partial charge in [0.2, 0.25) is 0 Å². The maximum atomic E-state index is 12.4. The van der Waals surface area contributed by atoms with E-state index in [0.29, 0.717) is 16.9 Å². The number of aryl methyl sites for hydroxylation is 2. The summed E-state index contributed by atoms with van der Waals surface area (Å²) < 4.78 is 11.4. The predicted octanol–water partition coefficient (Wildman–Crippen LogP) is 1.64. The van der Waals surface area contributed by atoms with Gasteiger partial charge in [-0.1, -0.05) is 13.8 Å². The first-order chi connectivity index (χ1) is 13.7. The summed E-state index contributed by atoms with van der Waals surface area (Å²) in [5, 5.41) is 14.5. The van der Waals surface area contributed by atoms with E-state index in [2.05, 4.69) is 5.32 Å². The van der Waals surface area contributed by atoms with Crippen molar-refractivity contribution in [2.45, 2.75) is 65.5 Å². The van der Waals surface area contributed by atoms with Gasteiger partial charge in [0, 0.05) is 16.5 Å². The van der Waals surface area contributed by atoms with E-state index in [0.717, 1.165) is 42.2 Å². The Morgan fingerprint density at radius 2 is 1.79 bits per heavy atom. The van der Waals surface area contributed by atoms with Crippen molar-refractivity contribution in [1.29, 1.82) is 0 Å². The number of fused-ring (bicyclic) bond motifs is 3. The smallest absolute Gasteiger partial charge is 0.339 e. The largest absolute Gasteiger partial charge is 0.548 e. The highest BCUT2D eigenvalue weighted by molar-refractivity contribution is 5.87. The molecule has 0 saturated heterocycles. The molecular weight excluding hydrogens is 374 g/mol. The molecule has 0 radical (unpaired) electrons. The van der Waals surface area contributed by atoms with Gasteiger partial charge >= 0.3 is 5.63 Å². The van der Waals surface area contributed by atoms with E-state index in [-0.39, 0.29) is 11.5 Å². The van der Waals surface area contributed by atoms with Crippen LogP contribution in [0.25, 0.3) is 11.0 Å². The molecule has 2 aromatic rings. The van der Waals surface area contributed by atoms with Crippen LogP contribution in [-0.4, -0.2) is 24.0 Å². The van der Waals surface area contributed by atoms with E-state index < -0.39 is 24.0 Å². The Hall–Kier alpha value is -2.83. The maximum absolute atomic E-state index is 12.4. The van der Waals surface area contributed by atoms with Crippen molar-refractivity contribution in [3.05, 3.63) is 39.2 Å². The van der Waals surface area contributed by atoms with Crippen LogP contribution in [-0.2, 0) is 22.4 Å². The monoisotopic (exact) mass is 400 g/mol. The molecule has 0 fully saturated rings. The Balaban J connectivity index is 1.87. The first kappa shape index (κ1) is 20.9. The standard InChI is InChI=1S/C22H27NO6/c1-11(2)18(21(25)26)23-20(24)13(4)28-17-10-9-15-14-7-5-6-8-16(14)22(27)29-19(15)12(17)3/h9-11,13,18H,5-8H2,1-4H3,(H,23,24)(H,25,26)/p-1/t13-,18-/m0/s1. The Kier molecular flexibility index (Phi) is 5.96. The summed E-state index contributed by atoms with van der Waals surface area (Å²) in [6.07, 6.45) is 2.67. The maximum Gasteiger partial charge on any atom is 0.339 e. The lowest BCUT2D eigenvalue weighted by molar-refractivity contribution is -0.309. The SMILES string of the molecule is Cc1c(O[C@@H](C)C(=O)N[C@H](C(=O)[O-])C(C)C)ccc2c3c(c(=O)oc12)CCCC3. The molecule has 1 aliphatic rings. The van der Waals surface area contributed by atoms with Crippen molar-refractivity contribution in [1.82, 2.24) is 5.32 Å². The normalized spacial score (nSPS) is 15.6. The lowest BCUT2D eigenvalue weighted by Crippen LogP contribution is -2.53. The van der Waals surface area contributed by atoms with E-state index in [4.69, 9.17) is 9.15 Å². The first-order valence-corrected chi connectivity index (χ1v) is 9.96. The van der Waals surface area contributed by atoms with E-state index >= 15 is 0 Å². The van der Waals surface area contributed by atoms with Gasteiger partial charge in [0.1, 0.15) is 11.3 Å². The minimum Gasteiger partial charge on any atom is -0.548 e. The average molecular weight is 400 g/mol. The number of ether oxygens (including phenoxy) is 1. The first-order valence-electron chi connectivity index (χ1n) is 9.96. The Morgan fingerprint density at radius 1 is 1.14 bits per heavy atom. The molecule has 2 atom stereocenters. The number of nitrogens with one attached hydrogen (secondary N) is 1. The zero-order valence-electron chi connectivity index (χ0n) is 17.2. The molecule has 7 nitrogen and oxygen atoms in total. The van der Waals surface area contributed by atoms with Gasteiger partial charge in [-0.15, -0.1) is 0 Å². The van der Waals surface area contributed by atoms with Crippen LogP contribution in [0.3, 0.4) is 0 Å². The molecule has 0 bridgehead atoms. The molecule has 3 rings (SSSR count). The summed E-state index contributed by atoms with van der Waals surface area (Å²) in [6, 6.07) is 2.51. The highest BCUT2D eigenvalue weighted by Gasteiger charge is 2.24. The lowest BCUT2D eigenvalue weighted by Gasteiger charge is -2.25. The number of carbonyl (C=O) groups excluding carboxylic acids is 2. The highest BCUT2D eigenvalue weighted by Crippen LogP contribution is 2.32. The van der Waals surface area contributed by atoms with Crippen LogP contribution in [0.5, 0.6) is 5.75 Å². The molecule has 1 heterocycles. The third kappa shape index (κ3) is 4.13. The quantitative estimate of drug-likeness (QED) is 0.739. The molecule has 156 valence electrons. The number of carbonyl (C=O) groups is 2. The second-order valence-corrected chi connectivity index (χ2v) is 7.93. The summed E-state index contributed by atoms with van der Waals surface area (Å²) in [5.41, 5.74) is 2.58. The van der Waals surface area contributed by atoms with Crippen LogP contribution in [0.2, 0.25) is 0 Å². The zero-order valence-corrected chi connectivity index (χ0v) is 17.2. The van der Waals surface area contributed by atoms with Crippen molar-refractivity contribution in [2.24, 2.45) is 5.92 Å². The molecule has 1 aromatic carbocycles. The van der Waals surface area contributed by atoms with Gasteiger partial charge in [0.05, 0.1) is 12.0 Å². The number of benzene rings is 1. The minimum absolute atomic E-state index is 0.313. The molecule has 1 aromatic heterocycles. The molecule has 0 unspecified atom stereocenters. The summed E-state index contributed by atoms with van der Waals surface area (Å²) in [6.45, 7) is 6.68. The molecule has 0 saturated carbocycles. The lowest BCUT2D eigenvalue weighted by atomic mass is 9.90. The van der Waals surface area contributed by atoms with Gasteiger partial charge in [-0.25, -0.2) is 4.79 Å². The number of amides is 1. The second-order valence-electron chi connectivity index (χ2n) is 7.93. The van der Waals surface area contributed by atoms with E-state index in [1.807, 2.05) is 6.07 Å². The van der Waals surface area contributed by atoms with Gasteiger partial charge in [0.15, 0.2) is 6.10 Å². The van der Waals surface area contributed by atoms with Crippen LogP contribution >= 0.6 is 0 Å². The molecule has 7 heteroatoms. The van der Waals surface area contributed by atoms with Crippen LogP contribution in [0, 0.1) is 12.8 Å². The molecule has 1 aliphatic carbocycles. The summed E-state index contributed by atoms with van der Waals surface area (Å²) in [7, 11) is 0. The number of aliphatic carboxylic acids is 1. The van der Waals surface area contributed by atoms with Gasteiger partial charge < -0.3 is 24.4 Å². The molecule has 0 aliphatic heterocycles. The van der Waals surface area contributed by atoms with Gasteiger partial charge in [-0.3, -0.25) is 4.79 Å². The van der Waals surface area contributed by atoms with Crippen LogP contribution in [0.1, 0.15) is 50.3 Å². The molecule has 1 N–H and O–H groups in total. The van der Waals surface area contributed by atoms with E-state index in [1.54, 1.807) is 26.8 Å². The molecule has 0 spiro atoms. The van der Waals surface area contributed by atoms with Crippen molar-refractivity contribution in [3.63, 3.8) is 0 Å². The van der Waals surface area contributed by atoms with Crippen molar-refractivity contribution >= 4 is 22.8 Å². The number of rotatable bonds is 6. The molecule has 29 heavy (non-hydrogen) atoms. The highest BCUT2D eigenvalue weighted by atomic mass is 16.5. The minimum atomic E-state index is -1.34. The summed E-state index contributed by atoms with van der Waals surface area (Å²) >= 11 is 0. The fourth-order valence-electron chi connectivity index (χ4n) is 3.76. The Bertz CT molecular complexity index is 1010. The molecule has 1 amide bonds. The van der Waals surface area contributed by atoms with Gasteiger partial charge in [-0.05, 0) is 63.1 Å². The van der Waals surface area contributed by atoms with E-state index in [1.165, 1.54) is 6.92 Å². The van der Waals surface area contributed by atoms with Gasteiger partial charge in [-0.2, -0.15) is 0 Å². The van der Waals surface area contributed by atoms with Crippen LogP contribution in [0.4, 0.5) is 0 Å². The number of carboxylic acids is 1. The fraction of sp³-hybridized carbons (Fsp3) is 0.500.